The lowest BCUT2D eigenvalue weighted by atomic mass is 9.90. The van der Waals surface area contributed by atoms with Crippen LogP contribution in [0.5, 0.6) is 0 Å². The summed E-state index contributed by atoms with van der Waals surface area (Å²) in [7, 11) is 3.89. The van der Waals surface area contributed by atoms with Crippen molar-refractivity contribution in [1.29, 1.82) is 0 Å². The minimum Gasteiger partial charge on any atom is -0.377 e. The lowest BCUT2D eigenvalue weighted by Gasteiger charge is -2.28. The number of nitrogens with zero attached hydrogens (tertiary/aromatic N) is 3. The average Bonchev–Trinajstić information content (AvgIpc) is 2.94. The molecule has 0 fully saturated rings. The fraction of sp³-hybridized carbons (Fsp3) is 0.263. The summed E-state index contributed by atoms with van der Waals surface area (Å²) in [4.78, 5) is 19.4. The van der Waals surface area contributed by atoms with Gasteiger partial charge in [0.1, 0.15) is 5.82 Å². The molecular weight excluding hydrogens is 302 g/mol. The Morgan fingerprint density at radius 1 is 1.12 bits per heavy atom. The maximum atomic E-state index is 12.8. The molecule has 5 heteroatoms. The number of para-hydroxylation sites is 2. The minimum absolute atomic E-state index is 0.0890. The van der Waals surface area contributed by atoms with E-state index in [2.05, 4.69) is 4.98 Å². The molecule has 0 radical (unpaired) electrons. The van der Waals surface area contributed by atoms with Crippen LogP contribution in [0.25, 0.3) is 10.9 Å². The summed E-state index contributed by atoms with van der Waals surface area (Å²) in [6.45, 7) is 0.463. The van der Waals surface area contributed by atoms with E-state index in [-0.39, 0.29) is 5.56 Å². The van der Waals surface area contributed by atoms with E-state index in [0.717, 1.165) is 11.3 Å². The van der Waals surface area contributed by atoms with Crippen LogP contribution in [0.1, 0.15) is 17.8 Å². The maximum absolute atomic E-state index is 12.8. The van der Waals surface area contributed by atoms with E-state index in [1.807, 2.05) is 61.5 Å². The maximum Gasteiger partial charge on any atom is 0.261 e. The second-order valence-electron chi connectivity index (χ2n) is 6.43. The number of hydrogen-bond donors (Lipinski definition) is 1. The zero-order valence-electron chi connectivity index (χ0n) is 13.7. The first kappa shape index (κ1) is 14.9. The summed E-state index contributed by atoms with van der Waals surface area (Å²) in [6, 6.07) is 15.0. The molecule has 0 unspecified atom stereocenters. The van der Waals surface area contributed by atoms with Gasteiger partial charge in [-0.1, -0.05) is 30.3 Å². The van der Waals surface area contributed by atoms with E-state index in [1.165, 1.54) is 0 Å². The molecule has 1 atom stereocenters. The fourth-order valence-corrected chi connectivity index (χ4v) is 3.55. The van der Waals surface area contributed by atoms with Gasteiger partial charge in [0.2, 0.25) is 0 Å². The summed E-state index contributed by atoms with van der Waals surface area (Å²) in [6.07, 6.45) is 0.441. The predicted molar refractivity (Wildman–Crippen MR) is 94.4 cm³/mol. The van der Waals surface area contributed by atoms with E-state index in [0.29, 0.717) is 29.7 Å². The van der Waals surface area contributed by atoms with Crippen LogP contribution in [-0.2, 0) is 12.1 Å². The zero-order chi connectivity index (χ0) is 16.9. The van der Waals surface area contributed by atoms with Crippen LogP contribution in [0.4, 0.5) is 5.69 Å². The molecule has 1 aliphatic rings. The fourth-order valence-electron chi connectivity index (χ4n) is 3.55. The molecule has 122 valence electrons. The van der Waals surface area contributed by atoms with Crippen molar-refractivity contribution in [2.45, 2.75) is 18.6 Å². The summed E-state index contributed by atoms with van der Waals surface area (Å²) in [5.74, 6) is 0.431. The third-order valence-corrected chi connectivity index (χ3v) is 4.76. The van der Waals surface area contributed by atoms with Crippen molar-refractivity contribution in [1.82, 2.24) is 9.55 Å². The summed E-state index contributed by atoms with van der Waals surface area (Å²) in [5, 5.41) is 12.1. The van der Waals surface area contributed by atoms with Crippen LogP contribution in [0.15, 0.2) is 53.3 Å². The zero-order valence-corrected chi connectivity index (χ0v) is 13.7. The van der Waals surface area contributed by atoms with Gasteiger partial charge in [0.15, 0.2) is 5.60 Å². The summed E-state index contributed by atoms with van der Waals surface area (Å²) >= 11 is 0. The first-order valence-corrected chi connectivity index (χ1v) is 8.01. The predicted octanol–water partition coefficient (Wildman–Crippen LogP) is 2.10. The van der Waals surface area contributed by atoms with Gasteiger partial charge in [0, 0.05) is 38.3 Å². The molecule has 0 saturated heterocycles. The molecule has 2 heterocycles. The number of hydrogen-bond acceptors (Lipinski definition) is 4. The molecule has 0 spiro atoms. The Kier molecular flexibility index (Phi) is 3.21. The Bertz CT molecular complexity index is 993. The highest BCUT2D eigenvalue weighted by atomic mass is 16.3. The molecule has 1 aliphatic heterocycles. The Morgan fingerprint density at radius 2 is 1.83 bits per heavy atom. The molecule has 5 nitrogen and oxygen atoms in total. The SMILES string of the molecule is CN(C)c1ccccc1[C@]1(O)CCn2c1nc1ccccc1c2=O. The van der Waals surface area contributed by atoms with Gasteiger partial charge in [0.25, 0.3) is 5.56 Å². The van der Waals surface area contributed by atoms with Crippen LogP contribution in [0, 0.1) is 0 Å². The van der Waals surface area contributed by atoms with Crippen LogP contribution in [0.2, 0.25) is 0 Å². The van der Waals surface area contributed by atoms with Gasteiger partial charge in [-0.05, 0) is 18.2 Å². The van der Waals surface area contributed by atoms with Crippen LogP contribution >= 0.6 is 0 Å². The van der Waals surface area contributed by atoms with Crippen molar-refractivity contribution in [2.75, 3.05) is 19.0 Å². The van der Waals surface area contributed by atoms with Crippen molar-refractivity contribution >= 4 is 16.6 Å². The Labute approximate surface area is 139 Å². The number of aliphatic hydroxyl groups is 1. The second kappa shape index (κ2) is 5.18. The van der Waals surface area contributed by atoms with Gasteiger partial charge >= 0.3 is 0 Å². The number of aromatic nitrogens is 2. The number of rotatable bonds is 2. The first-order valence-electron chi connectivity index (χ1n) is 8.01. The van der Waals surface area contributed by atoms with Crippen molar-refractivity contribution in [3.05, 3.63) is 70.3 Å². The smallest absolute Gasteiger partial charge is 0.261 e. The molecule has 2 aromatic carbocycles. The summed E-state index contributed by atoms with van der Waals surface area (Å²) in [5.41, 5.74) is 0.980. The number of fused-ring (bicyclic) bond motifs is 2. The van der Waals surface area contributed by atoms with Gasteiger partial charge in [-0.25, -0.2) is 4.98 Å². The topological polar surface area (TPSA) is 58.4 Å². The normalized spacial score (nSPS) is 19.5. The number of anilines is 1. The van der Waals surface area contributed by atoms with Crippen molar-refractivity contribution in [2.24, 2.45) is 0 Å². The van der Waals surface area contributed by atoms with E-state index in [1.54, 1.807) is 10.6 Å². The lowest BCUT2D eigenvalue weighted by Crippen LogP contribution is -2.31. The van der Waals surface area contributed by atoms with Gasteiger partial charge in [-0.2, -0.15) is 0 Å². The Hall–Kier alpha value is -2.66. The molecule has 1 aromatic heterocycles. The minimum atomic E-state index is -1.26. The molecule has 1 N–H and O–H groups in total. The molecule has 0 amide bonds. The highest BCUT2D eigenvalue weighted by Crippen LogP contribution is 2.41. The highest BCUT2D eigenvalue weighted by Gasteiger charge is 2.43. The standard InChI is InChI=1S/C19H19N3O2/c1-21(2)16-10-6-4-8-14(16)19(24)11-12-22-17(23)13-7-3-5-9-15(13)20-18(19)22/h3-10,24H,11-12H2,1-2H3/t19-/m1/s1. The van der Waals surface area contributed by atoms with Crippen LogP contribution in [-0.4, -0.2) is 28.8 Å². The molecule has 3 aromatic rings. The van der Waals surface area contributed by atoms with Crippen LogP contribution in [0.3, 0.4) is 0 Å². The lowest BCUT2D eigenvalue weighted by molar-refractivity contribution is 0.0791. The van der Waals surface area contributed by atoms with Crippen molar-refractivity contribution < 1.29 is 5.11 Å². The van der Waals surface area contributed by atoms with Gasteiger partial charge in [-0.3, -0.25) is 9.36 Å². The van der Waals surface area contributed by atoms with Gasteiger partial charge in [0.05, 0.1) is 10.9 Å². The Morgan fingerprint density at radius 3 is 2.62 bits per heavy atom. The second-order valence-corrected chi connectivity index (χ2v) is 6.43. The third-order valence-electron chi connectivity index (χ3n) is 4.76. The monoisotopic (exact) mass is 321 g/mol. The van der Waals surface area contributed by atoms with E-state index in [9.17, 15) is 9.90 Å². The molecule has 0 bridgehead atoms. The largest absolute Gasteiger partial charge is 0.377 e. The molecule has 0 aliphatic carbocycles. The average molecular weight is 321 g/mol. The molecular formula is C19H19N3O2. The highest BCUT2D eigenvalue weighted by molar-refractivity contribution is 5.77. The molecule has 4 rings (SSSR count). The third kappa shape index (κ3) is 1.98. The quantitative estimate of drug-likeness (QED) is 0.785. The van der Waals surface area contributed by atoms with Crippen LogP contribution < -0.4 is 10.5 Å². The van der Waals surface area contributed by atoms with Crippen molar-refractivity contribution in [3.63, 3.8) is 0 Å². The summed E-state index contributed by atoms with van der Waals surface area (Å²) < 4.78 is 1.61. The van der Waals surface area contributed by atoms with E-state index >= 15 is 0 Å². The van der Waals surface area contributed by atoms with Gasteiger partial charge < -0.3 is 10.0 Å². The van der Waals surface area contributed by atoms with E-state index in [4.69, 9.17) is 0 Å². The molecule has 24 heavy (non-hydrogen) atoms. The first-order chi connectivity index (χ1) is 11.5. The number of benzene rings is 2. The van der Waals surface area contributed by atoms with Gasteiger partial charge in [-0.15, -0.1) is 0 Å². The Balaban J connectivity index is 2.01. The van der Waals surface area contributed by atoms with Crippen molar-refractivity contribution in [3.8, 4) is 0 Å². The van der Waals surface area contributed by atoms with E-state index < -0.39 is 5.60 Å². The molecule has 0 saturated carbocycles.